The minimum Gasteiger partial charge on any atom is -0.376 e. The van der Waals surface area contributed by atoms with E-state index in [-0.39, 0.29) is 0 Å². The molecule has 0 aliphatic heterocycles. The van der Waals surface area contributed by atoms with Gasteiger partial charge in [0.1, 0.15) is 0 Å². The van der Waals surface area contributed by atoms with Gasteiger partial charge in [0.05, 0.1) is 12.7 Å². The summed E-state index contributed by atoms with van der Waals surface area (Å²) >= 11 is 0. The van der Waals surface area contributed by atoms with Gasteiger partial charge in [-0.15, -0.1) is 0 Å². The second-order valence-electron chi connectivity index (χ2n) is 3.77. The van der Waals surface area contributed by atoms with E-state index >= 15 is 0 Å². The van der Waals surface area contributed by atoms with E-state index in [0.717, 1.165) is 13.1 Å². The Kier molecular flexibility index (Phi) is 8.68. The second kappa shape index (κ2) is 8.83. The van der Waals surface area contributed by atoms with Crippen LogP contribution in [0.5, 0.6) is 0 Å². The van der Waals surface area contributed by atoms with Gasteiger partial charge < -0.3 is 18.6 Å². The lowest BCUT2D eigenvalue weighted by atomic mass is 10.2. The standard InChI is InChI=1S/C10H24N2O3Si/c1-10(2)8-11-6-7-12-9-16(13-3,14-4)15-5/h8,10,12H,6-7,9H2,1-5H3. The Morgan fingerprint density at radius 1 is 1.19 bits per heavy atom. The Morgan fingerprint density at radius 2 is 1.75 bits per heavy atom. The summed E-state index contributed by atoms with van der Waals surface area (Å²) in [5.41, 5.74) is 0. The maximum absolute atomic E-state index is 5.27. The lowest BCUT2D eigenvalue weighted by Gasteiger charge is -2.24. The molecule has 0 rings (SSSR count). The molecule has 5 nitrogen and oxygen atoms in total. The molecular weight excluding hydrogens is 224 g/mol. The van der Waals surface area contributed by atoms with Crippen molar-refractivity contribution < 1.29 is 13.3 Å². The third kappa shape index (κ3) is 6.34. The average molecular weight is 248 g/mol. The van der Waals surface area contributed by atoms with Crippen LogP contribution in [0, 0.1) is 5.92 Å². The Bertz CT molecular complexity index is 188. The molecule has 0 saturated carbocycles. The molecule has 96 valence electrons. The van der Waals surface area contributed by atoms with E-state index in [2.05, 4.69) is 24.2 Å². The van der Waals surface area contributed by atoms with Crippen molar-refractivity contribution in [3.05, 3.63) is 0 Å². The minimum absolute atomic E-state index is 0.505. The number of hydrogen-bond donors (Lipinski definition) is 1. The molecule has 0 aliphatic carbocycles. The van der Waals surface area contributed by atoms with Crippen LogP contribution in [0.25, 0.3) is 0 Å². The van der Waals surface area contributed by atoms with Crippen molar-refractivity contribution in [2.24, 2.45) is 10.9 Å². The van der Waals surface area contributed by atoms with Crippen molar-refractivity contribution in [1.29, 1.82) is 0 Å². The quantitative estimate of drug-likeness (QED) is 0.371. The molecule has 0 aromatic rings. The van der Waals surface area contributed by atoms with Crippen LogP contribution in [0.15, 0.2) is 4.99 Å². The number of hydrogen-bond acceptors (Lipinski definition) is 5. The highest BCUT2D eigenvalue weighted by atomic mass is 28.4. The van der Waals surface area contributed by atoms with Gasteiger partial charge in [0.15, 0.2) is 0 Å². The van der Waals surface area contributed by atoms with Crippen LogP contribution in [0.3, 0.4) is 0 Å². The molecule has 0 radical (unpaired) electrons. The third-order valence-corrected chi connectivity index (χ3v) is 4.64. The highest BCUT2D eigenvalue weighted by molar-refractivity contribution is 6.60. The van der Waals surface area contributed by atoms with Gasteiger partial charge in [-0.1, -0.05) is 13.8 Å². The summed E-state index contributed by atoms with van der Waals surface area (Å²) in [5, 5.41) is 3.23. The Hall–Kier alpha value is -0.273. The molecule has 0 aromatic heterocycles. The molecule has 0 bridgehead atoms. The molecule has 0 amide bonds. The topological polar surface area (TPSA) is 52.1 Å². The van der Waals surface area contributed by atoms with Crippen molar-refractivity contribution in [3.63, 3.8) is 0 Å². The van der Waals surface area contributed by atoms with Crippen LogP contribution in [0.2, 0.25) is 0 Å². The largest absolute Gasteiger partial charge is 0.514 e. The van der Waals surface area contributed by atoms with Gasteiger partial charge in [0.25, 0.3) is 0 Å². The van der Waals surface area contributed by atoms with Gasteiger partial charge in [0.2, 0.25) is 0 Å². The van der Waals surface area contributed by atoms with Crippen molar-refractivity contribution in [3.8, 4) is 0 Å². The lowest BCUT2D eigenvalue weighted by molar-refractivity contribution is 0.122. The zero-order chi connectivity index (χ0) is 12.4. The second-order valence-corrected chi connectivity index (χ2v) is 6.72. The van der Waals surface area contributed by atoms with E-state index in [1.165, 1.54) is 0 Å². The first-order valence-electron chi connectivity index (χ1n) is 5.46. The average Bonchev–Trinajstić information content (AvgIpc) is 2.29. The van der Waals surface area contributed by atoms with Crippen LogP contribution in [0.1, 0.15) is 13.8 Å². The van der Waals surface area contributed by atoms with Gasteiger partial charge in [-0.25, -0.2) is 0 Å². The van der Waals surface area contributed by atoms with E-state index in [1.54, 1.807) is 21.3 Å². The molecule has 0 spiro atoms. The van der Waals surface area contributed by atoms with E-state index in [1.807, 2.05) is 6.21 Å². The molecule has 0 unspecified atom stereocenters. The highest BCUT2D eigenvalue weighted by Gasteiger charge is 2.37. The van der Waals surface area contributed by atoms with Crippen molar-refractivity contribution in [2.45, 2.75) is 13.8 Å². The van der Waals surface area contributed by atoms with Crippen LogP contribution < -0.4 is 5.32 Å². The molecule has 0 heterocycles. The third-order valence-electron chi connectivity index (χ3n) is 2.10. The molecule has 6 heteroatoms. The monoisotopic (exact) mass is 248 g/mol. The molecule has 1 N–H and O–H groups in total. The van der Waals surface area contributed by atoms with E-state index in [9.17, 15) is 0 Å². The summed E-state index contributed by atoms with van der Waals surface area (Å²) in [6.45, 7) is 5.78. The first kappa shape index (κ1) is 15.7. The maximum Gasteiger partial charge on any atom is 0.514 e. The molecule has 0 aliphatic rings. The fourth-order valence-corrected chi connectivity index (χ4v) is 2.55. The van der Waals surface area contributed by atoms with Gasteiger partial charge in [-0.2, -0.15) is 0 Å². The molecule has 0 saturated heterocycles. The van der Waals surface area contributed by atoms with Crippen LogP contribution in [-0.4, -0.2) is 55.6 Å². The zero-order valence-electron chi connectivity index (χ0n) is 10.9. The zero-order valence-corrected chi connectivity index (χ0v) is 11.9. The predicted molar refractivity (Wildman–Crippen MR) is 67.8 cm³/mol. The van der Waals surface area contributed by atoms with Crippen LogP contribution in [-0.2, 0) is 13.3 Å². The maximum atomic E-state index is 5.27. The van der Waals surface area contributed by atoms with Gasteiger partial charge >= 0.3 is 8.80 Å². The molecule has 0 aromatic carbocycles. The summed E-state index contributed by atoms with van der Waals surface area (Å²) in [6, 6.07) is 0. The molecular formula is C10H24N2O3Si. The number of nitrogens with zero attached hydrogens (tertiary/aromatic N) is 1. The summed E-state index contributed by atoms with van der Waals surface area (Å²) < 4.78 is 15.8. The lowest BCUT2D eigenvalue weighted by Crippen LogP contribution is -2.52. The number of aliphatic imine (C=N–C) groups is 1. The number of rotatable bonds is 9. The van der Waals surface area contributed by atoms with Crippen molar-refractivity contribution >= 4 is 15.0 Å². The van der Waals surface area contributed by atoms with Gasteiger partial charge in [0, 0.05) is 34.1 Å². The van der Waals surface area contributed by atoms with E-state index in [0.29, 0.717) is 12.1 Å². The Labute approximate surface area is 99.6 Å². The minimum atomic E-state index is -2.46. The van der Waals surface area contributed by atoms with Crippen LogP contribution in [0.4, 0.5) is 0 Å². The summed E-state index contributed by atoms with van der Waals surface area (Å²) in [4.78, 5) is 4.27. The summed E-state index contributed by atoms with van der Waals surface area (Å²) in [5.74, 6) is 0.505. The smallest absolute Gasteiger partial charge is 0.376 e. The van der Waals surface area contributed by atoms with E-state index < -0.39 is 8.80 Å². The highest BCUT2D eigenvalue weighted by Crippen LogP contribution is 2.03. The first-order valence-corrected chi connectivity index (χ1v) is 7.39. The predicted octanol–water partition coefficient (Wildman–Crippen LogP) is 0.720. The summed E-state index contributed by atoms with van der Waals surface area (Å²) in [6.07, 6.45) is 2.56. The van der Waals surface area contributed by atoms with E-state index in [4.69, 9.17) is 13.3 Å². The Balaban J connectivity index is 3.71. The van der Waals surface area contributed by atoms with Crippen molar-refractivity contribution in [2.75, 3.05) is 40.6 Å². The fourth-order valence-electron chi connectivity index (χ4n) is 1.14. The normalized spacial score (nSPS) is 12.9. The van der Waals surface area contributed by atoms with Gasteiger partial charge in [-0.05, 0) is 5.92 Å². The molecule has 0 fully saturated rings. The SMILES string of the molecule is CO[Si](CNCCN=CC(C)C)(OC)OC. The molecule has 0 atom stereocenters. The summed E-state index contributed by atoms with van der Waals surface area (Å²) in [7, 11) is 2.36. The number of nitrogens with one attached hydrogen (secondary N) is 1. The van der Waals surface area contributed by atoms with Gasteiger partial charge in [-0.3, -0.25) is 4.99 Å². The van der Waals surface area contributed by atoms with Crippen LogP contribution >= 0.6 is 0 Å². The fraction of sp³-hybridized carbons (Fsp3) is 0.900. The van der Waals surface area contributed by atoms with Crippen molar-refractivity contribution in [1.82, 2.24) is 5.32 Å². The molecule has 16 heavy (non-hydrogen) atoms. The first-order chi connectivity index (χ1) is 7.60. The Morgan fingerprint density at radius 3 is 2.19 bits per heavy atom.